The van der Waals surface area contributed by atoms with Gasteiger partial charge in [-0.1, -0.05) is 29.3 Å². The van der Waals surface area contributed by atoms with Crippen molar-refractivity contribution in [2.75, 3.05) is 16.8 Å². The molecular weight excluding hydrogens is 416 g/mol. The number of fused-ring (bicyclic) bond motifs is 1. The summed E-state index contributed by atoms with van der Waals surface area (Å²) < 4.78 is 0.712. The van der Waals surface area contributed by atoms with Gasteiger partial charge in [-0.2, -0.15) is 0 Å². The van der Waals surface area contributed by atoms with Crippen LogP contribution in [0.25, 0.3) is 0 Å². The summed E-state index contributed by atoms with van der Waals surface area (Å²) in [4.78, 5) is 28.7. The normalized spacial score (nSPS) is 13.5. The maximum Gasteiger partial charge on any atom is 0.258 e. The van der Waals surface area contributed by atoms with Crippen LogP contribution in [0.1, 0.15) is 49.6 Å². The summed E-state index contributed by atoms with van der Waals surface area (Å²) in [5.41, 5.74) is 4.88. The van der Waals surface area contributed by atoms with E-state index in [9.17, 15) is 9.59 Å². The van der Waals surface area contributed by atoms with Crippen molar-refractivity contribution in [1.29, 1.82) is 0 Å². The fourth-order valence-corrected chi connectivity index (χ4v) is 5.11. The highest BCUT2D eigenvalue weighted by atomic mass is 35.5. The molecule has 0 radical (unpaired) electrons. The molecule has 0 fully saturated rings. The van der Waals surface area contributed by atoms with Crippen LogP contribution < -0.4 is 10.2 Å². The average Bonchev–Trinajstić information content (AvgIpc) is 2.97. The molecule has 4 nitrogen and oxygen atoms in total. The third kappa shape index (κ3) is 4.27. The summed E-state index contributed by atoms with van der Waals surface area (Å²) in [7, 11) is 0. The molecule has 30 heavy (non-hydrogen) atoms. The summed E-state index contributed by atoms with van der Waals surface area (Å²) in [5, 5.41) is 2.91. The van der Waals surface area contributed by atoms with Gasteiger partial charge in [0.25, 0.3) is 11.8 Å². The lowest BCUT2D eigenvalue weighted by atomic mass is 10.1. The molecule has 0 unspecified atom stereocenters. The first-order chi connectivity index (χ1) is 14.4. The molecule has 6 heteroatoms. The Labute approximate surface area is 185 Å². The Morgan fingerprint density at radius 3 is 2.53 bits per heavy atom. The molecule has 2 amide bonds. The highest BCUT2D eigenvalue weighted by molar-refractivity contribution is 7.16. The summed E-state index contributed by atoms with van der Waals surface area (Å²) in [5.74, 6) is -0.198. The number of hydrogen-bond acceptors (Lipinski definition) is 3. The third-order valence-electron chi connectivity index (χ3n) is 5.34. The molecule has 0 saturated heterocycles. The van der Waals surface area contributed by atoms with Crippen LogP contribution in [0.2, 0.25) is 4.34 Å². The van der Waals surface area contributed by atoms with E-state index in [-0.39, 0.29) is 11.8 Å². The van der Waals surface area contributed by atoms with Crippen molar-refractivity contribution in [2.45, 2.75) is 33.1 Å². The molecule has 0 atom stereocenters. The predicted molar refractivity (Wildman–Crippen MR) is 124 cm³/mol. The number of nitrogens with zero attached hydrogens (tertiary/aromatic N) is 1. The molecular formula is C24H23ClN2O2S. The van der Waals surface area contributed by atoms with E-state index < -0.39 is 0 Å². The second-order valence-corrected chi connectivity index (χ2v) is 9.39. The number of aryl methyl sites for hydroxylation is 3. The molecule has 1 aromatic heterocycles. The fourth-order valence-electron chi connectivity index (χ4n) is 3.80. The average molecular weight is 439 g/mol. The third-order valence-corrected chi connectivity index (χ3v) is 6.66. The van der Waals surface area contributed by atoms with E-state index in [1.165, 1.54) is 4.88 Å². The molecule has 4 rings (SSSR count). The Balaban J connectivity index is 1.51. The van der Waals surface area contributed by atoms with E-state index in [0.29, 0.717) is 27.7 Å². The van der Waals surface area contributed by atoms with Crippen molar-refractivity contribution in [1.82, 2.24) is 0 Å². The summed E-state index contributed by atoms with van der Waals surface area (Å²) in [6.45, 7) is 4.61. The van der Waals surface area contributed by atoms with E-state index in [1.54, 1.807) is 35.6 Å². The van der Waals surface area contributed by atoms with Gasteiger partial charge in [0.2, 0.25) is 0 Å². The summed E-state index contributed by atoms with van der Waals surface area (Å²) >= 11 is 7.75. The number of anilines is 2. The van der Waals surface area contributed by atoms with Gasteiger partial charge >= 0.3 is 0 Å². The van der Waals surface area contributed by atoms with Crippen molar-refractivity contribution < 1.29 is 9.59 Å². The number of nitrogens with one attached hydrogen (secondary N) is 1. The van der Waals surface area contributed by atoms with Crippen molar-refractivity contribution in [2.24, 2.45) is 0 Å². The van der Waals surface area contributed by atoms with Crippen molar-refractivity contribution >= 4 is 46.1 Å². The SMILES string of the molecule is Cc1ccc(C(=O)Nc2ccc(C(=O)N3CCCCc4sc(Cl)cc43)cc2)c(C)c1. The minimum absolute atomic E-state index is 0.0418. The number of amides is 2. The number of rotatable bonds is 3. The number of benzene rings is 2. The lowest BCUT2D eigenvalue weighted by Gasteiger charge is -2.21. The summed E-state index contributed by atoms with van der Waals surface area (Å²) in [6.07, 6.45) is 2.98. The van der Waals surface area contributed by atoms with Gasteiger partial charge in [-0.15, -0.1) is 11.3 Å². The van der Waals surface area contributed by atoms with E-state index in [4.69, 9.17) is 11.6 Å². The second-order valence-electron chi connectivity index (χ2n) is 7.62. The number of carbonyl (C=O) groups is 2. The lowest BCUT2D eigenvalue weighted by Crippen LogP contribution is -2.31. The van der Waals surface area contributed by atoms with Gasteiger partial charge in [-0.05, 0) is 75.1 Å². The zero-order chi connectivity index (χ0) is 21.3. The zero-order valence-corrected chi connectivity index (χ0v) is 18.6. The lowest BCUT2D eigenvalue weighted by molar-refractivity contribution is 0.0985. The monoisotopic (exact) mass is 438 g/mol. The van der Waals surface area contributed by atoms with Gasteiger partial charge < -0.3 is 10.2 Å². The Bertz CT molecular complexity index is 1100. The van der Waals surface area contributed by atoms with Gasteiger partial charge in [0.15, 0.2) is 0 Å². The molecule has 0 aliphatic carbocycles. The van der Waals surface area contributed by atoms with Crippen molar-refractivity contribution in [3.63, 3.8) is 0 Å². The first-order valence-corrected chi connectivity index (χ1v) is 11.2. The topological polar surface area (TPSA) is 49.4 Å². The molecule has 2 heterocycles. The zero-order valence-electron chi connectivity index (χ0n) is 17.0. The second kappa shape index (κ2) is 8.62. The highest BCUT2D eigenvalue weighted by Crippen LogP contribution is 2.37. The Morgan fingerprint density at radius 1 is 1.03 bits per heavy atom. The van der Waals surface area contributed by atoms with Crippen molar-refractivity contribution in [3.05, 3.63) is 80.0 Å². The Kier molecular flexibility index (Phi) is 5.93. The van der Waals surface area contributed by atoms with Crippen LogP contribution in [-0.4, -0.2) is 18.4 Å². The van der Waals surface area contributed by atoms with Crippen LogP contribution in [0, 0.1) is 13.8 Å². The minimum Gasteiger partial charge on any atom is -0.322 e. The van der Waals surface area contributed by atoms with Crippen molar-refractivity contribution in [3.8, 4) is 0 Å². The van der Waals surface area contributed by atoms with E-state index in [0.717, 1.165) is 36.1 Å². The molecule has 154 valence electrons. The van der Waals surface area contributed by atoms with Gasteiger partial charge in [-0.25, -0.2) is 0 Å². The Hall–Kier alpha value is -2.63. The van der Waals surface area contributed by atoms with Gasteiger partial charge in [-0.3, -0.25) is 9.59 Å². The molecule has 0 spiro atoms. The predicted octanol–water partition coefficient (Wildman–Crippen LogP) is 6.25. The van der Waals surface area contributed by atoms with Crippen LogP contribution in [-0.2, 0) is 6.42 Å². The summed E-state index contributed by atoms with van der Waals surface area (Å²) in [6, 6.07) is 14.7. The molecule has 1 aliphatic rings. The molecule has 3 aromatic rings. The molecule has 2 aromatic carbocycles. The maximum atomic E-state index is 13.2. The van der Waals surface area contributed by atoms with Crippen LogP contribution >= 0.6 is 22.9 Å². The van der Waals surface area contributed by atoms with Crippen LogP contribution in [0.3, 0.4) is 0 Å². The number of carbonyl (C=O) groups excluding carboxylic acids is 2. The maximum absolute atomic E-state index is 13.2. The van der Waals surface area contributed by atoms with Gasteiger partial charge in [0.05, 0.1) is 10.0 Å². The first kappa shape index (κ1) is 20.6. The largest absolute Gasteiger partial charge is 0.322 e. The van der Waals surface area contributed by atoms with E-state index >= 15 is 0 Å². The van der Waals surface area contributed by atoms with Crippen LogP contribution in [0.4, 0.5) is 11.4 Å². The van der Waals surface area contributed by atoms with E-state index in [1.807, 2.05) is 43.0 Å². The molecule has 1 N–H and O–H groups in total. The van der Waals surface area contributed by atoms with Gasteiger partial charge in [0.1, 0.15) is 0 Å². The first-order valence-electron chi connectivity index (χ1n) is 10.0. The number of hydrogen-bond donors (Lipinski definition) is 1. The van der Waals surface area contributed by atoms with Crippen LogP contribution in [0.5, 0.6) is 0 Å². The minimum atomic E-state index is -0.156. The Morgan fingerprint density at radius 2 is 1.80 bits per heavy atom. The number of thiophene rings is 1. The standard InChI is InChI=1S/C24H23ClN2O2S/c1-15-6-11-19(16(2)13-15)23(28)26-18-9-7-17(8-10-18)24(29)27-12-4-3-5-21-20(27)14-22(25)30-21/h6-11,13-14H,3-5,12H2,1-2H3,(H,26,28). The van der Waals surface area contributed by atoms with Crippen LogP contribution in [0.15, 0.2) is 48.5 Å². The number of halogens is 1. The molecule has 0 saturated carbocycles. The quantitative estimate of drug-likeness (QED) is 0.525. The smallest absolute Gasteiger partial charge is 0.258 e. The highest BCUT2D eigenvalue weighted by Gasteiger charge is 2.24. The fraction of sp³-hybridized carbons (Fsp3) is 0.250. The molecule has 0 bridgehead atoms. The van der Waals surface area contributed by atoms with Gasteiger partial charge in [0, 0.05) is 28.2 Å². The van der Waals surface area contributed by atoms with E-state index in [2.05, 4.69) is 5.32 Å². The molecule has 1 aliphatic heterocycles.